The van der Waals surface area contributed by atoms with Crippen LogP contribution in [0.3, 0.4) is 0 Å². The summed E-state index contributed by atoms with van der Waals surface area (Å²) in [4.78, 5) is 47.7. The highest BCUT2D eigenvalue weighted by molar-refractivity contribution is 6.33. The fourth-order valence-electron chi connectivity index (χ4n) is 4.21. The molecular formula is C21H24ClN5O3. The van der Waals surface area contributed by atoms with Crippen LogP contribution in [0.1, 0.15) is 50.5 Å². The normalized spacial score (nSPS) is 21.0. The standard InChI is InChI=1S/C21H24ClN5O3/c1-2-12-7-5-6-10-27(12)21-25-18-17(20(30)26-21)13(11-16(28)24-18)19(29)23-15-9-4-3-8-14(15)22/h3-4,8-9,12-13H,2,5-7,10-11H2,1H3,(H,23,29)(H2,24,25,26,28,30)/t12-,13-/m0/s1. The summed E-state index contributed by atoms with van der Waals surface area (Å²) in [7, 11) is 0. The molecule has 2 aliphatic rings. The number of aromatic nitrogens is 2. The van der Waals surface area contributed by atoms with Gasteiger partial charge in [-0.15, -0.1) is 0 Å². The van der Waals surface area contributed by atoms with Crippen molar-refractivity contribution in [2.45, 2.75) is 51.0 Å². The highest BCUT2D eigenvalue weighted by Gasteiger charge is 2.36. The first-order valence-electron chi connectivity index (χ1n) is 10.2. The zero-order valence-electron chi connectivity index (χ0n) is 16.7. The van der Waals surface area contributed by atoms with Gasteiger partial charge in [0.15, 0.2) is 0 Å². The average Bonchev–Trinajstić information content (AvgIpc) is 2.74. The van der Waals surface area contributed by atoms with Crippen LogP contribution in [0.2, 0.25) is 5.02 Å². The third-order valence-electron chi connectivity index (χ3n) is 5.76. The molecule has 2 atom stereocenters. The number of para-hydroxylation sites is 1. The van der Waals surface area contributed by atoms with Gasteiger partial charge >= 0.3 is 0 Å². The number of benzene rings is 1. The summed E-state index contributed by atoms with van der Waals surface area (Å²) in [6.45, 7) is 2.90. The van der Waals surface area contributed by atoms with Crippen LogP contribution in [0.15, 0.2) is 29.1 Å². The number of piperidine rings is 1. The van der Waals surface area contributed by atoms with E-state index in [4.69, 9.17) is 11.6 Å². The van der Waals surface area contributed by atoms with Gasteiger partial charge in [-0.1, -0.05) is 30.7 Å². The molecule has 9 heteroatoms. The molecule has 1 saturated heterocycles. The number of anilines is 3. The number of halogens is 1. The van der Waals surface area contributed by atoms with Crippen molar-refractivity contribution in [3.05, 3.63) is 45.2 Å². The number of aromatic amines is 1. The Labute approximate surface area is 179 Å². The van der Waals surface area contributed by atoms with Crippen LogP contribution in [-0.4, -0.2) is 34.4 Å². The van der Waals surface area contributed by atoms with E-state index in [1.807, 2.05) is 0 Å². The van der Waals surface area contributed by atoms with Crippen molar-refractivity contribution in [1.82, 2.24) is 9.97 Å². The molecule has 0 spiro atoms. The third kappa shape index (κ3) is 3.92. The van der Waals surface area contributed by atoms with Gasteiger partial charge in [-0.25, -0.2) is 0 Å². The Balaban J connectivity index is 1.67. The van der Waals surface area contributed by atoms with Crippen LogP contribution >= 0.6 is 11.6 Å². The molecule has 2 amide bonds. The summed E-state index contributed by atoms with van der Waals surface area (Å²) in [5.41, 5.74) is 0.194. The summed E-state index contributed by atoms with van der Waals surface area (Å²) in [5.74, 6) is -1.17. The molecule has 4 rings (SSSR count). The van der Waals surface area contributed by atoms with Gasteiger partial charge in [-0.3, -0.25) is 19.4 Å². The van der Waals surface area contributed by atoms with E-state index in [-0.39, 0.29) is 23.7 Å². The maximum atomic E-state index is 13.0. The molecule has 1 aromatic carbocycles. The van der Waals surface area contributed by atoms with Gasteiger partial charge in [0.25, 0.3) is 5.56 Å². The SMILES string of the molecule is CC[C@H]1CCCCN1c1nc2c(c(=O)[nH]1)[C@@H](C(=O)Nc1ccccc1Cl)CC(=O)N2. The molecular weight excluding hydrogens is 406 g/mol. The molecule has 3 heterocycles. The van der Waals surface area contributed by atoms with E-state index in [0.29, 0.717) is 22.7 Å². The van der Waals surface area contributed by atoms with Crippen LogP contribution in [0.25, 0.3) is 0 Å². The lowest BCUT2D eigenvalue weighted by molar-refractivity contribution is -0.123. The Morgan fingerprint density at radius 2 is 2.10 bits per heavy atom. The first-order valence-corrected chi connectivity index (χ1v) is 10.6. The molecule has 1 aromatic heterocycles. The molecule has 2 aliphatic heterocycles. The number of nitrogens with zero attached hydrogens (tertiary/aromatic N) is 2. The van der Waals surface area contributed by atoms with E-state index >= 15 is 0 Å². The Morgan fingerprint density at radius 3 is 2.87 bits per heavy atom. The zero-order chi connectivity index (χ0) is 21.3. The van der Waals surface area contributed by atoms with Crippen molar-refractivity contribution in [2.24, 2.45) is 0 Å². The molecule has 3 N–H and O–H groups in total. The van der Waals surface area contributed by atoms with Crippen LogP contribution in [0.4, 0.5) is 17.5 Å². The second-order valence-electron chi connectivity index (χ2n) is 7.68. The van der Waals surface area contributed by atoms with Crippen LogP contribution in [-0.2, 0) is 9.59 Å². The fraction of sp³-hybridized carbons (Fsp3) is 0.429. The van der Waals surface area contributed by atoms with E-state index in [1.165, 1.54) is 0 Å². The Bertz CT molecular complexity index is 1040. The van der Waals surface area contributed by atoms with Crippen molar-refractivity contribution in [3.8, 4) is 0 Å². The van der Waals surface area contributed by atoms with Crippen LogP contribution in [0, 0.1) is 0 Å². The monoisotopic (exact) mass is 429 g/mol. The number of amides is 2. The smallest absolute Gasteiger partial charge is 0.258 e. The van der Waals surface area contributed by atoms with Crippen molar-refractivity contribution in [3.63, 3.8) is 0 Å². The molecule has 1 fully saturated rings. The molecule has 30 heavy (non-hydrogen) atoms. The molecule has 0 saturated carbocycles. The highest BCUT2D eigenvalue weighted by Crippen LogP contribution is 2.32. The number of H-pyrrole nitrogens is 1. The van der Waals surface area contributed by atoms with E-state index in [9.17, 15) is 14.4 Å². The van der Waals surface area contributed by atoms with E-state index in [0.717, 1.165) is 32.2 Å². The summed E-state index contributed by atoms with van der Waals surface area (Å²) in [6.07, 6.45) is 4.01. The number of carbonyl (C=O) groups is 2. The van der Waals surface area contributed by atoms with Crippen molar-refractivity contribution in [2.75, 3.05) is 22.1 Å². The minimum atomic E-state index is -0.946. The predicted octanol–water partition coefficient (Wildman–Crippen LogP) is 3.26. The summed E-state index contributed by atoms with van der Waals surface area (Å²) >= 11 is 6.12. The van der Waals surface area contributed by atoms with Gasteiger partial charge in [-0.05, 0) is 37.8 Å². The predicted molar refractivity (Wildman–Crippen MR) is 116 cm³/mol. The largest absolute Gasteiger partial charge is 0.339 e. The van der Waals surface area contributed by atoms with Gasteiger partial charge in [0, 0.05) is 19.0 Å². The van der Waals surface area contributed by atoms with Crippen LogP contribution < -0.4 is 21.1 Å². The number of rotatable bonds is 4. The zero-order valence-corrected chi connectivity index (χ0v) is 17.5. The molecule has 0 bridgehead atoms. The number of hydrogen-bond acceptors (Lipinski definition) is 5. The van der Waals surface area contributed by atoms with Crippen molar-refractivity contribution >= 4 is 40.9 Å². The molecule has 0 aliphatic carbocycles. The van der Waals surface area contributed by atoms with E-state index < -0.39 is 17.4 Å². The van der Waals surface area contributed by atoms with Crippen LogP contribution in [0.5, 0.6) is 0 Å². The minimum Gasteiger partial charge on any atom is -0.339 e. The quantitative estimate of drug-likeness (QED) is 0.691. The molecule has 0 unspecified atom stereocenters. The first kappa shape index (κ1) is 20.4. The van der Waals surface area contributed by atoms with Crippen molar-refractivity contribution in [1.29, 1.82) is 0 Å². The van der Waals surface area contributed by atoms with E-state index in [1.54, 1.807) is 24.3 Å². The lowest BCUT2D eigenvalue weighted by Gasteiger charge is -2.36. The topological polar surface area (TPSA) is 107 Å². The maximum absolute atomic E-state index is 13.0. The molecule has 0 radical (unpaired) electrons. The van der Waals surface area contributed by atoms with Gasteiger partial charge < -0.3 is 15.5 Å². The minimum absolute atomic E-state index is 0.130. The lowest BCUT2D eigenvalue weighted by Crippen LogP contribution is -2.43. The first-order chi connectivity index (χ1) is 14.5. The summed E-state index contributed by atoms with van der Waals surface area (Å²) in [6, 6.07) is 7.10. The summed E-state index contributed by atoms with van der Waals surface area (Å²) in [5, 5.41) is 5.77. The highest BCUT2D eigenvalue weighted by atomic mass is 35.5. The van der Waals surface area contributed by atoms with E-state index in [2.05, 4.69) is 32.4 Å². The lowest BCUT2D eigenvalue weighted by atomic mass is 9.92. The van der Waals surface area contributed by atoms with Crippen molar-refractivity contribution < 1.29 is 9.59 Å². The third-order valence-corrected chi connectivity index (χ3v) is 6.09. The second kappa shape index (κ2) is 8.47. The Kier molecular flexibility index (Phi) is 5.76. The number of fused-ring (bicyclic) bond motifs is 1. The maximum Gasteiger partial charge on any atom is 0.258 e. The van der Waals surface area contributed by atoms with Gasteiger partial charge in [0.2, 0.25) is 17.8 Å². The molecule has 8 nitrogen and oxygen atoms in total. The Hall–Kier alpha value is -2.87. The second-order valence-corrected chi connectivity index (χ2v) is 8.08. The number of nitrogens with one attached hydrogen (secondary N) is 3. The Morgan fingerprint density at radius 1 is 1.30 bits per heavy atom. The number of hydrogen-bond donors (Lipinski definition) is 3. The fourth-order valence-corrected chi connectivity index (χ4v) is 4.39. The average molecular weight is 430 g/mol. The molecule has 2 aromatic rings. The molecule has 158 valence electrons. The summed E-state index contributed by atoms with van der Waals surface area (Å²) < 4.78 is 0. The van der Waals surface area contributed by atoms with Gasteiger partial charge in [-0.2, -0.15) is 4.98 Å². The van der Waals surface area contributed by atoms with Gasteiger partial charge in [0.05, 0.1) is 22.2 Å². The van der Waals surface area contributed by atoms with Gasteiger partial charge in [0.1, 0.15) is 5.82 Å². The number of carbonyl (C=O) groups excluding carboxylic acids is 2.